The lowest BCUT2D eigenvalue weighted by molar-refractivity contribution is -0.131. The molecule has 0 aromatic heterocycles. The molecule has 0 amide bonds. The summed E-state index contributed by atoms with van der Waals surface area (Å²) >= 11 is 3.47. The van der Waals surface area contributed by atoms with Gasteiger partial charge in [-0.05, 0) is 30.9 Å². The zero-order chi connectivity index (χ0) is 12.3. The maximum Gasteiger partial charge on any atom is 0.140 e. The van der Waals surface area contributed by atoms with E-state index >= 15 is 0 Å². The average molecular weight is 297 g/mol. The van der Waals surface area contributed by atoms with Gasteiger partial charge >= 0.3 is 0 Å². The van der Waals surface area contributed by atoms with E-state index in [1.807, 2.05) is 24.3 Å². The van der Waals surface area contributed by atoms with Crippen LogP contribution in [0.2, 0.25) is 0 Å². The van der Waals surface area contributed by atoms with Gasteiger partial charge in [-0.15, -0.1) is 0 Å². The van der Waals surface area contributed by atoms with E-state index in [4.69, 9.17) is 4.74 Å². The Morgan fingerprint density at radius 1 is 1.41 bits per heavy atom. The van der Waals surface area contributed by atoms with E-state index in [-0.39, 0.29) is 11.4 Å². The molecule has 1 aliphatic rings. The molecule has 0 radical (unpaired) electrons. The molecule has 1 saturated carbocycles. The molecule has 0 spiro atoms. The molecule has 2 nitrogen and oxygen atoms in total. The standard InChI is InChI=1S/C14H17BrO2/c1-17-14(7-4-8-14)10-12(16)9-11-5-2-3-6-13(11)15/h2-3,5-6H,4,7-10H2,1H3. The third-order valence-corrected chi connectivity index (χ3v) is 4.34. The lowest BCUT2D eigenvalue weighted by atomic mass is 9.76. The molecule has 0 unspecified atom stereocenters. The molecule has 92 valence electrons. The van der Waals surface area contributed by atoms with Crippen LogP contribution in [0, 0.1) is 0 Å². The minimum absolute atomic E-state index is 0.154. The molecular formula is C14H17BrO2. The molecule has 0 bridgehead atoms. The van der Waals surface area contributed by atoms with Crippen molar-refractivity contribution in [1.29, 1.82) is 0 Å². The van der Waals surface area contributed by atoms with Crippen molar-refractivity contribution < 1.29 is 9.53 Å². The zero-order valence-corrected chi connectivity index (χ0v) is 11.6. The van der Waals surface area contributed by atoms with Gasteiger partial charge in [0.15, 0.2) is 0 Å². The highest BCUT2D eigenvalue weighted by molar-refractivity contribution is 9.10. The molecular weight excluding hydrogens is 280 g/mol. The monoisotopic (exact) mass is 296 g/mol. The van der Waals surface area contributed by atoms with Gasteiger partial charge in [0.2, 0.25) is 0 Å². The van der Waals surface area contributed by atoms with Gasteiger partial charge in [-0.25, -0.2) is 0 Å². The van der Waals surface area contributed by atoms with Crippen molar-refractivity contribution in [2.45, 2.75) is 37.7 Å². The topological polar surface area (TPSA) is 26.3 Å². The van der Waals surface area contributed by atoms with Gasteiger partial charge in [0, 0.05) is 24.4 Å². The van der Waals surface area contributed by atoms with Crippen LogP contribution >= 0.6 is 15.9 Å². The Hall–Kier alpha value is -0.670. The Bertz CT molecular complexity index is 405. The smallest absolute Gasteiger partial charge is 0.140 e. The van der Waals surface area contributed by atoms with Crippen molar-refractivity contribution in [3.63, 3.8) is 0 Å². The van der Waals surface area contributed by atoms with E-state index in [0.29, 0.717) is 12.8 Å². The highest BCUT2D eigenvalue weighted by atomic mass is 79.9. The number of hydrogen-bond acceptors (Lipinski definition) is 2. The third kappa shape index (κ3) is 2.96. The fourth-order valence-electron chi connectivity index (χ4n) is 2.30. The van der Waals surface area contributed by atoms with E-state index in [9.17, 15) is 4.79 Å². The van der Waals surface area contributed by atoms with Crippen molar-refractivity contribution in [3.8, 4) is 0 Å². The van der Waals surface area contributed by atoms with Crippen LogP contribution in [-0.2, 0) is 16.0 Å². The minimum Gasteiger partial charge on any atom is -0.378 e. The first kappa shape index (κ1) is 12.8. The Labute approximate surface area is 110 Å². The molecule has 1 fully saturated rings. The fraction of sp³-hybridized carbons (Fsp3) is 0.500. The van der Waals surface area contributed by atoms with Gasteiger partial charge in [0.1, 0.15) is 5.78 Å². The molecule has 1 aromatic carbocycles. The second-order valence-corrected chi connectivity index (χ2v) is 5.58. The van der Waals surface area contributed by atoms with Crippen LogP contribution < -0.4 is 0 Å². The Morgan fingerprint density at radius 3 is 2.65 bits per heavy atom. The molecule has 0 N–H and O–H groups in total. The summed E-state index contributed by atoms with van der Waals surface area (Å²) in [6.07, 6.45) is 4.25. The zero-order valence-electron chi connectivity index (χ0n) is 10.0. The van der Waals surface area contributed by atoms with Crippen LogP contribution in [0.1, 0.15) is 31.2 Å². The summed E-state index contributed by atoms with van der Waals surface area (Å²) in [6.45, 7) is 0. The molecule has 0 aliphatic heterocycles. The van der Waals surface area contributed by atoms with E-state index in [0.717, 1.165) is 22.9 Å². The second-order valence-electron chi connectivity index (χ2n) is 4.72. The number of methoxy groups -OCH3 is 1. The van der Waals surface area contributed by atoms with Gasteiger partial charge in [-0.2, -0.15) is 0 Å². The molecule has 1 aromatic rings. The van der Waals surface area contributed by atoms with Crippen LogP contribution in [0.25, 0.3) is 0 Å². The second kappa shape index (κ2) is 5.32. The summed E-state index contributed by atoms with van der Waals surface area (Å²) < 4.78 is 6.49. The number of carbonyl (C=O) groups is 1. The van der Waals surface area contributed by atoms with Crippen LogP contribution in [-0.4, -0.2) is 18.5 Å². The first-order chi connectivity index (χ1) is 8.15. The van der Waals surface area contributed by atoms with Crippen molar-refractivity contribution in [2.24, 2.45) is 0 Å². The van der Waals surface area contributed by atoms with Gasteiger partial charge in [0.25, 0.3) is 0 Å². The van der Waals surface area contributed by atoms with Crippen molar-refractivity contribution in [1.82, 2.24) is 0 Å². The predicted molar refractivity (Wildman–Crippen MR) is 71.1 cm³/mol. The SMILES string of the molecule is COC1(CC(=O)Cc2ccccc2Br)CCC1. The summed E-state index contributed by atoms with van der Waals surface area (Å²) in [7, 11) is 1.71. The average Bonchev–Trinajstić information content (AvgIpc) is 2.27. The first-order valence-electron chi connectivity index (χ1n) is 5.95. The Balaban J connectivity index is 1.96. The number of ether oxygens (including phenoxy) is 1. The van der Waals surface area contributed by atoms with Crippen LogP contribution in [0.3, 0.4) is 0 Å². The predicted octanol–water partition coefficient (Wildman–Crippen LogP) is 3.52. The van der Waals surface area contributed by atoms with Gasteiger partial charge in [-0.3, -0.25) is 4.79 Å². The number of Topliss-reactive ketones (excluding diaryl/α,β-unsaturated/α-hetero) is 1. The number of carbonyl (C=O) groups excluding carboxylic acids is 1. The first-order valence-corrected chi connectivity index (χ1v) is 6.75. The molecule has 0 atom stereocenters. The summed E-state index contributed by atoms with van der Waals surface area (Å²) in [5.74, 6) is 0.262. The lowest BCUT2D eigenvalue weighted by Crippen LogP contribution is -2.41. The van der Waals surface area contributed by atoms with E-state index < -0.39 is 0 Å². The summed E-state index contributed by atoms with van der Waals surface area (Å²) in [5, 5.41) is 0. The summed E-state index contributed by atoms with van der Waals surface area (Å²) in [4.78, 5) is 12.0. The summed E-state index contributed by atoms with van der Waals surface area (Å²) in [5.41, 5.74) is 0.904. The van der Waals surface area contributed by atoms with Gasteiger partial charge in [0.05, 0.1) is 5.60 Å². The quantitative estimate of drug-likeness (QED) is 0.831. The van der Waals surface area contributed by atoms with Crippen LogP contribution in [0.15, 0.2) is 28.7 Å². The maximum atomic E-state index is 12.0. The van der Waals surface area contributed by atoms with Crippen LogP contribution in [0.5, 0.6) is 0 Å². The molecule has 2 rings (SSSR count). The lowest BCUT2D eigenvalue weighted by Gasteiger charge is -2.40. The van der Waals surface area contributed by atoms with Gasteiger partial charge in [-0.1, -0.05) is 34.1 Å². The molecule has 0 heterocycles. The number of benzene rings is 1. The normalized spacial score (nSPS) is 17.5. The maximum absolute atomic E-state index is 12.0. The van der Waals surface area contributed by atoms with Crippen molar-refractivity contribution in [3.05, 3.63) is 34.3 Å². The largest absolute Gasteiger partial charge is 0.378 e. The minimum atomic E-state index is -0.154. The number of halogens is 1. The highest BCUT2D eigenvalue weighted by Gasteiger charge is 2.38. The molecule has 17 heavy (non-hydrogen) atoms. The molecule has 1 aliphatic carbocycles. The van der Waals surface area contributed by atoms with E-state index in [1.165, 1.54) is 6.42 Å². The fourth-order valence-corrected chi connectivity index (χ4v) is 2.73. The third-order valence-electron chi connectivity index (χ3n) is 3.56. The van der Waals surface area contributed by atoms with Crippen LogP contribution in [0.4, 0.5) is 0 Å². The summed E-state index contributed by atoms with van der Waals surface area (Å²) in [6, 6.07) is 7.88. The Morgan fingerprint density at radius 2 is 2.12 bits per heavy atom. The van der Waals surface area contributed by atoms with Gasteiger partial charge < -0.3 is 4.74 Å². The Kier molecular flexibility index (Phi) is 4.00. The molecule has 0 saturated heterocycles. The van der Waals surface area contributed by atoms with Crippen molar-refractivity contribution in [2.75, 3.05) is 7.11 Å². The van der Waals surface area contributed by atoms with E-state index in [1.54, 1.807) is 7.11 Å². The number of hydrogen-bond donors (Lipinski definition) is 0. The van der Waals surface area contributed by atoms with Crippen molar-refractivity contribution >= 4 is 21.7 Å². The number of rotatable bonds is 5. The van der Waals surface area contributed by atoms with E-state index in [2.05, 4.69) is 15.9 Å². The number of ketones is 1. The highest BCUT2D eigenvalue weighted by Crippen LogP contribution is 2.38. The molecule has 3 heteroatoms.